The summed E-state index contributed by atoms with van der Waals surface area (Å²) in [5, 5.41) is 3.08. The predicted octanol–water partition coefficient (Wildman–Crippen LogP) is 2.74. The Morgan fingerprint density at radius 2 is 2.25 bits per heavy atom. The number of alkyl halides is 1. The zero-order chi connectivity index (χ0) is 9.56. The minimum absolute atomic E-state index is 0.698. The van der Waals surface area contributed by atoms with Gasteiger partial charge in [-0.05, 0) is 26.5 Å². The quantitative estimate of drug-likeness (QED) is 0.467. The van der Waals surface area contributed by atoms with E-state index in [-0.39, 0.29) is 0 Å². The van der Waals surface area contributed by atoms with Crippen molar-refractivity contribution in [1.29, 1.82) is 0 Å². The fourth-order valence-corrected chi connectivity index (χ4v) is 1.18. The molecule has 0 aromatic heterocycles. The number of rotatable bonds is 5. The van der Waals surface area contributed by atoms with Crippen molar-refractivity contribution < 1.29 is 0 Å². The monoisotopic (exact) mass is 280 g/mol. The Balaban J connectivity index is 4.08. The van der Waals surface area contributed by atoms with Crippen LogP contribution in [0.3, 0.4) is 0 Å². The van der Waals surface area contributed by atoms with Crippen molar-refractivity contribution in [3.8, 4) is 0 Å². The van der Waals surface area contributed by atoms with Crippen LogP contribution in [0.25, 0.3) is 0 Å². The number of aliphatic imine (C=N–C) groups is 1. The SMILES string of the molecule is C=N/C(CCC(C)I)=C(/C)NC. The number of nitrogens with zero attached hydrogens (tertiary/aromatic N) is 1. The van der Waals surface area contributed by atoms with Crippen LogP contribution in [0.15, 0.2) is 16.4 Å². The third-order valence-corrected chi connectivity index (χ3v) is 2.40. The van der Waals surface area contributed by atoms with Gasteiger partial charge in [-0.15, -0.1) is 0 Å². The molecule has 0 heterocycles. The number of hydrogen-bond acceptors (Lipinski definition) is 2. The van der Waals surface area contributed by atoms with E-state index in [1.54, 1.807) is 0 Å². The molecule has 3 heteroatoms. The van der Waals surface area contributed by atoms with Crippen molar-refractivity contribution in [2.75, 3.05) is 7.05 Å². The summed E-state index contributed by atoms with van der Waals surface area (Å²) in [4.78, 5) is 3.99. The largest absolute Gasteiger partial charge is 0.390 e. The fourth-order valence-electron chi connectivity index (χ4n) is 0.865. The van der Waals surface area contributed by atoms with E-state index in [1.165, 1.54) is 0 Å². The van der Waals surface area contributed by atoms with Gasteiger partial charge in [0.05, 0.1) is 5.70 Å². The first-order valence-corrected chi connectivity index (χ1v) is 5.34. The first kappa shape index (κ1) is 11.9. The molecule has 1 N–H and O–H groups in total. The number of nitrogens with one attached hydrogen (secondary N) is 1. The Bertz CT molecular complexity index is 173. The lowest BCUT2D eigenvalue weighted by molar-refractivity contribution is 0.791. The van der Waals surface area contributed by atoms with Gasteiger partial charge in [0.2, 0.25) is 0 Å². The van der Waals surface area contributed by atoms with Crippen LogP contribution in [0.4, 0.5) is 0 Å². The molecule has 12 heavy (non-hydrogen) atoms. The second kappa shape index (κ2) is 6.46. The number of halogens is 1. The van der Waals surface area contributed by atoms with Gasteiger partial charge >= 0.3 is 0 Å². The van der Waals surface area contributed by atoms with Gasteiger partial charge in [0.1, 0.15) is 0 Å². The van der Waals surface area contributed by atoms with E-state index < -0.39 is 0 Å². The third kappa shape index (κ3) is 4.74. The highest BCUT2D eigenvalue weighted by atomic mass is 127. The summed E-state index contributed by atoms with van der Waals surface area (Å²) < 4.78 is 0.698. The van der Waals surface area contributed by atoms with Crippen LogP contribution in [0.2, 0.25) is 0 Å². The minimum atomic E-state index is 0.698. The Morgan fingerprint density at radius 3 is 2.58 bits per heavy atom. The van der Waals surface area contributed by atoms with Gasteiger partial charge in [-0.3, -0.25) is 4.99 Å². The molecule has 1 unspecified atom stereocenters. The molecule has 1 atom stereocenters. The average Bonchev–Trinajstić information content (AvgIpc) is 2.04. The van der Waals surface area contributed by atoms with Crippen molar-refractivity contribution in [2.45, 2.75) is 30.6 Å². The van der Waals surface area contributed by atoms with Crippen LogP contribution in [-0.4, -0.2) is 17.7 Å². The van der Waals surface area contributed by atoms with Crippen molar-refractivity contribution in [3.63, 3.8) is 0 Å². The number of hydrogen-bond donors (Lipinski definition) is 1. The van der Waals surface area contributed by atoms with E-state index in [0.717, 1.165) is 24.2 Å². The highest BCUT2D eigenvalue weighted by molar-refractivity contribution is 14.1. The molecule has 0 fully saturated rings. The lowest BCUT2D eigenvalue weighted by atomic mass is 10.2. The smallest absolute Gasteiger partial charge is 0.0582 e. The van der Waals surface area contributed by atoms with Crippen LogP contribution in [0, 0.1) is 0 Å². The predicted molar refractivity (Wildman–Crippen MR) is 64.0 cm³/mol. The van der Waals surface area contributed by atoms with E-state index in [2.05, 4.69) is 46.5 Å². The molecular formula is C9H17IN2. The normalized spacial score (nSPS) is 15.0. The van der Waals surface area contributed by atoms with Gasteiger partial charge in [0.25, 0.3) is 0 Å². The number of allylic oxidation sites excluding steroid dienone is 2. The second-order valence-corrected chi connectivity index (χ2v) is 4.93. The Hall–Kier alpha value is -0.0600. The van der Waals surface area contributed by atoms with Crippen LogP contribution in [0.5, 0.6) is 0 Å². The maximum Gasteiger partial charge on any atom is 0.0582 e. The molecule has 0 rings (SSSR count). The summed E-state index contributed by atoms with van der Waals surface area (Å²) in [5.41, 5.74) is 2.21. The fraction of sp³-hybridized carbons (Fsp3) is 0.667. The molecule has 0 aromatic rings. The maximum atomic E-state index is 3.99. The zero-order valence-electron chi connectivity index (χ0n) is 8.02. The van der Waals surface area contributed by atoms with E-state index in [9.17, 15) is 0 Å². The summed E-state index contributed by atoms with van der Waals surface area (Å²) in [6, 6.07) is 0. The van der Waals surface area contributed by atoms with Gasteiger partial charge in [0.15, 0.2) is 0 Å². The molecule has 0 saturated heterocycles. The van der Waals surface area contributed by atoms with Crippen LogP contribution >= 0.6 is 22.6 Å². The summed E-state index contributed by atoms with van der Waals surface area (Å²) in [5.74, 6) is 0. The first-order chi connectivity index (χ1) is 5.61. The zero-order valence-corrected chi connectivity index (χ0v) is 10.2. The highest BCUT2D eigenvalue weighted by Crippen LogP contribution is 2.15. The molecule has 0 saturated carbocycles. The molecule has 0 amide bonds. The molecule has 0 spiro atoms. The van der Waals surface area contributed by atoms with Crippen molar-refractivity contribution in [3.05, 3.63) is 11.4 Å². The van der Waals surface area contributed by atoms with E-state index in [4.69, 9.17) is 0 Å². The van der Waals surface area contributed by atoms with E-state index in [1.807, 2.05) is 14.0 Å². The van der Waals surface area contributed by atoms with Crippen molar-refractivity contribution >= 4 is 29.3 Å². The molecule has 0 aliphatic rings. The van der Waals surface area contributed by atoms with Gasteiger partial charge in [-0.1, -0.05) is 29.5 Å². The summed E-state index contributed by atoms with van der Waals surface area (Å²) in [6.07, 6.45) is 2.17. The molecule has 2 nitrogen and oxygen atoms in total. The summed E-state index contributed by atoms with van der Waals surface area (Å²) >= 11 is 2.42. The van der Waals surface area contributed by atoms with Gasteiger partial charge in [-0.2, -0.15) is 0 Å². The molecule has 0 bridgehead atoms. The summed E-state index contributed by atoms with van der Waals surface area (Å²) in [6.45, 7) is 7.79. The van der Waals surface area contributed by atoms with Crippen LogP contribution < -0.4 is 5.32 Å². The Labute approximate surface area is 88.7 Å². The van der Waals surface area contributed by atoms with Gasteiger partial charge in [-0.25, -0.2) is 0 Å². The molecule has 0 aromatic carbocycles. The van der Waals surface area contributed by atoms with Crippen molar-refractivity contribution in [2.24, 2.45) is 4.99 Å². The maximum absolute atomic E-state index is 3.99. The molecule has 70 valence electrons. The highest BCUT2D eigenvalue weighted by Gasteiger charge is 2.01. The molecule has 0 aliphatic carbocycles. The average molecular weight is 280 g/mol. The minimum Gasteiger partial charge on any atom is -0.390 e. The standard InChI is InChI=1S/C9H17IN2/c1-7(10)5-6-9(12-4)8(2)11-3/h7,11H,4-6H2,1-3H3/b9-8-. The van der Waals surface area contributed by atoms with Gasteiger partial charge in [0, 0.05) is 16.7 Å². The van der Waals surface area contributed by atoms with Gasteiger partial charge < -0.3 is 5.32 Å². The first-order valence-electron chi connectivity index (χ1n) is 4.10. The lowest BCUT2D eigenvalue weighted by Crippen LogP contribution is -2.05. The van der Waals surface area contributed by atoms with E-state index in [0.29, 0.717) is 3.92 Å². The molecule has 0 aliphatic heterocycles. The van der Waals surface area contributed by atoms with Crippen LogP contribution in [0.1, 0.15) is 26.7 Å². The molecule has 0 radical (unpaired) electrons. The Kier molecular flexibility index (Phi) is 6.42. The Morgan fingerprint density at radius 1 is 1.67 bits per heavy atom. The summed E-state index contributed by atoms with van der Waals surface area (Å²) in [7, 11) is 1.91. The topological polar surface area (TPSA) is 24.4 Å². The second-order valence-electron chi connectivity index (χ2n) is 2.80. The van der Waals surface area contributed by atoms with E-state index >= 15 is 0 Å². The lowest BCUT2D eigenvalue weighted by Gasteiger charge is -2.07. The third-order valence-electron chi connectivity index (χ3n) is 1.78. The van der Waals surface area contributed by atoms with Crippen LogP contribution in [-0.2, 0) is 0 Å². The van der Waals surface area contributed by atoms with Crippen molar-refractivity contribution in [1.82, 2.24) is 5.32 Å². The molecular weight excluding hydrogens is 263 g/mol.